The molecule has 1 unspecified atom stereocenters. The van der Waals surface area contributed by atoms with Crippen molar-refractivity contribution < 1.29 is 23.7 Å². The molecule has 0 N–H and O–H groups in total. The summed E-state index contributed by atoms with van der Waals surface area (Å²) in [6.45, 7) is 3.95. The van der Waals surface area contributed by atoms with E-state index in [4.69, 9.17) is 18.9 Å². The van der Waals surface area contributed by atoms with Gasteiger partial charge in [-0.05, 0) is 39.9 Å². The summed E-state index contributed by atoms with van der Waals surface area (Å²) in [6, 6.07) is 10.9. The van der Waals surface area contributed by atoms with Crippen molar-refractivity contribution in [3.05, 3.63) is 42.0 Å². The minimum absolute atomic E-state index is 0. The number of hydrogen-bond acceptors (Lipinski definition) is 5. The first kappa shape index (κ1) is 22.4. The van der Waals surface area contributed by atoms with Gasteiger partial charge in [-0.2, -0.15) is 0 Å². The Hall–Kier alpha value is -1.66. The second kappa shape index (κ2) is 10.5. The largest absolute Gasteiger partial charge is 0.496 e. The summed E-state index contributed by atoms with van der Waals surface area (Å²) in [6.07, 6.45) is 0.114. The summed E-state index contributed by atoms with van der Waals surface area (Å²) in [4.78, 5) is 12.8. The van der Waals surface area contributed by atoms with Crippen molar-refractivity contribution in [2.75, 3.05) is 21.3 Å². The van der Waals surface area contributed by atoms with Gasteiger partial charge in [0.2, 0.25) is 0 Å². The van der Waals surface area contributed by atoms with E-state index in [1.165, 1.54) is 14.2 Å². The molecule has 0 saturated heterocycles. The predicted octanol–water partition coefficient (Wildman–Crippen LogP) is 3.26. The van der Waals surface area contributed by atoms with Crippen LogP contribution in [-0.2, 0) is 0 Å². The first-order valence-corrected chi connectivity index (χ1v) is 8.86. The molecular weight excluding hydrogens is 346 g/mol. The second-order valence-corrected chi connectivity index (χ2v) is 6.83. The Bertz CT molecular complexity index is 706. The molecule has 1 radical (unpaired) electrons. The van der Waals surface area contributed by atoms with Crippen LogP contribution >= 0.6 is 8.58 Å². The third-order valence-electron chi connectivity index (χ3n) is 3.43. The standard InChI is InChI=1S/C19H23O5P.Li/c1-12(2)24-13-6-8-15(9-7-13)25-19(20)18-16(22-4)10-14(21-3)11-17(18)23-5;/h6-12,25H,1-5H3;. The van der Waals surface area contributed by atoms with Gasteiger partial charge in [-0.15, -0.1) is 0 Å². The fourth-order valence-corrected chi connectivity index (χ4v) is 3.28. The molecule has 26 heavy (non-hydrogen) atoms. The van der Waals surface area contributed by atoms with E-state index in [2.05, 4.69) is 0 Å². The third kappa shape index (κ3) is 5.67. The fraction of sp³-hybridized carbons (Fsp3) is 0.316. The Kier molecular flexibility index (Phi) is 9.02. The van der Waals surface area contributed by atoms with Crippen LogP contribution in [0, 0.1) is 0 Å². The van der Waals surface area contributed by atoms with Gasteiger partial charge in [-0.25, -0.2) is 0 Å². The molecule has 2 aromatic carbocycles. The van der Waals surface area contributed by atoms with E-state index in [1.54, 1.807) is 19.2 Å². The number of carbonyl (C=O) groups excluding carboxylic acids is 1. The average molecular weight is 369 g/mol. The Morgan fingerprint density at radius 3 is 1.85 bits per heavy atom. The second-order valence-electron chi connectivity index (χ2n) is 5.55. The SMILES string of the molecule is COc1cc(OC)c(C(=O)Pc2ccc(OC(C)C)cc2)c(OC)c1.[Li]. The van der Waals surface area contributed by atoms with Crippen molar-refractivity contribution >= 4 is 38.3 Å². The Labute approximate surface area is 168 Å². The first-order valence-electron chi connectivity index (χ1n) is 7.86. The molecule has 0 aliphatic carbocycles. The van der Waals surface area contributed by atoms with Gasteiger partial charge in [0.15, 0.2) is 5.52 Å². The van der Waals surface area contributed by atoms with Gasteiger partial charge in [-0.3, -0.25) is 4.79 Å². The summed E-state index contributed by atoms with van der Waals surface area (Å²) in [7, 11) is 4.54. The van der Waals surface area contributed by atoms with Crippen LogP contribution in [-0.4, -0.2) is 51.8 Å². The van der Waals surface area contributed by atoms with Gasteiger partial charge in [0.25, 0.3) is 0 Å². The molecule has 2 rings (SSSR count). The summed E-state index contributed by atoms with van der Waals surface area (Å²) in [5.41, 5.74) is 0.362. The Morgan fingerprint density at radius 2 is 1.42 bits per heavy atom. The maximum absolute atomic E-state index is 12.8. The van der Waals surface area contributed by atoms with E-state index >= 15 is 0 Å². The maximum atomic E-state index is 12.8. The molecule has 135 valence electrons. The fourth-order valence-electron chi connectivity index (χ4n) is 2.31. The molecule has 0 aliphatic rings. The van der Waals surface area contributed by atoms with Crippen molar-refractivity contribution in [2.24, 2.45) is 0 Å². The van der Waals surface area contributed by atoms with Crippen molar-refractivity contribution in [3.8, 4) is 23.0 Å². The number of rotatable bonds is 8. The van der Waals surface area contributed by atoms with Gasteiger partial charge in [0, 0.05) is 31.0 Å². The zero-order valence-electron chi connectivity index (χ0n) is 16.1. The number of benzene rings is 2. The van der Waals surface area contributed by atoms with Crippen molar-refractivity contribution in [1.29, 1.82) is 0 Å². The monoisotopic (exact) mass is 369 g/mol. The molecule has 7 heteroatoms. The summed E-state index contributed by atoms with van der Waals surface area (Å²) in [5.74, 6) is 2.24. The minimum atomic E-state index is -0.0612. The number of ether oxygens (including phenoxy) is 4. The Balaban J connectivity index is 0.00000338. The zero-order valence-corrected chi connectivity index (χ0v) is 17.1. The molecule has 5 nitrogen and oxygen atoms in total. The van der Waals surface area contributed by atoms with Crippen LogP contribution in [0.5, 0.6) is 23.0 Å². The number of hydrogen-bond donors (Lipinski definition) is 0. The molecule has 2 aromatic rings. The average Bonchev–Trinajstić information content (AvgIpc) is 2.61. The van der Waals surface area contributed by atoms with E-state index in [-0.39, 0.29) is 39.1 Å². The molecule has 0 fully saturated rings. The van der Waals surface area contributed by atoms with Crippen LogP contribution in [0.15, 0.2) is 36.4 Å². The topological polar surface area (TPSA) is 54.0 Å². The quantitative estimate of drug-likeness (QED) is 0.528. The van der Waals surface area contributed by atoms with Gasteiger partial charge < -0.3 is 18.9 Å². The molecule has 0 bridgehead atoms. The third-order valence-corrected chi connectivity index (χ3v) is 4.53. The van der Waals surface area contributed by atoms with Crippen LogP contribution in [0.4, 0.5) is 0 Å². The molecule has 0 saturated carbocycles. The van der Waals surface area contributed by atoms with E-state index in [0.29, 0.717) is 22.8 Å². The molecule has 0 heterocycles. The summed E-state index contributed by atoms with van der Waals surface area (Å²) in [5, 5.41) is 0.918. The van der Waals surface area contributed by atoms with E-state index in [0.717, 1.165) is 11.1 Å². The van der Waals surface area contributed by atoms with Gasteiger partial charge in [-0.1, -0.05) is 12.1 Å². The van der Waals surface area contributed by atoms with Crippen molar-refractivity contribution in [1.82, 2.24) is 0 Å². The summed E-state index contributed by atoms with van der Waals surface area (Å²) >= 11 is 0. The van der Waals surface area contributed by atoms with Gasteiger partial charge >= 0.3 is 0 Å². The smallest absolute Gasteiger partial charge is 0.193 e. The van der Waals surface area contributed by atoms with Crippen molar-refractivity contribution in [3.63, 3.8) is 0 Å². The molecule has 1 atom stereocenters. The molecule has 0 aromatic heterocycles. The molecule has 0 spiro atoms. The van der Waals surface area contributed by atoms with E-state index < -0.39 is 0 Å². The maximum Gasteiger partial charge on any atom is 0.193 e. The van der Waals surface area contributed by atoms with Gasteiger partial charge in [0.05, 0.1) is 27.4 Å². The number of carbonyl (C=O) groups is 1. The van der Waals surface area contributed by atoms with E-state index in [9.17, 15) is 4.79 Å². The van der Waals surface area contributed by atoms with Crippen LogP contribution in [0.25, 0.3) is 0 Å². The van der Waals surface area contributed by atoms with Crippen molar-refractivity contribution in [2.45, 2.75) is 20.0 Å². The first-order chi connectivity index (χ1) is 12.0. The number of methoxy groups -OCH3 is 3. The van der Waals surface area contributed by atoms with E-state index in [1.807, 2.05) is 38.1 Å². The van der Waals surface area contributed by atoms with Crippen LogP contribution in [0.2, 0.25) is 0 Å². The molecule has 0 amide bonds. The van der Waals surface area contributed by atoms with Crippen LogP contribution in [0.1, 0.15) is 24.2 Å². The minimum Gasteiger partial charge on any atom is -0.496 e. The normalized spacial score (nSPS) is 10.5. The predicted molar refractivity (Wildman–Crippen MR) is 106 cm³/mol. The molecule has 0 aliphatic heterocycles. The zero-order chi connectivity index (χ0) is 18.4. The van der Waals surface area contributed by atoms with Gasteiger partial charge in [0.1, 0.15) is 28.6 Å². The van der Waals surface area contributed by atoms with Crippen LogP contribution < -0.4 is 24.3 Å². The molecular formula is C19H23LiO5P. The Morgan fingerprint density at radius 1 is 0.885 bits per heavy atom. The summed E-state index contributed by atoms with van der Waals surface area (Å²) < 4.78 is 21.5. The van der Waals surface area contributed by atoms with Crippen LogP contribution in [0.3, 0.4) is 0 Å².